The van der Waals surface area contributed by atoms with Crippen LogP contribution in [0.1, 0.15) is 33.8 Å². The molecule has 0 spiro atoms. The summed E-state index contributed by atoms with van der Waals surface area (Å²) in [5.74, 6) is 0.315. The van der Waals surface area contributed by atoms with Gasteiger partial charge in [0.1, 0.15) is 0 Å². The number of ketones is 1. The lowest BCUT2D eigenvalue weighted by molar-refractivity contribution is 0.102. The van der Waals surface area contributed by atoms with Crippen molar-refractivity contribution < 1.29 is 4.79 Å². The largest absolute Gasteiger partial charge is 0.289 e. The molecule has 1 atom stereocenters. The Morgan fingerprint density at radius 2 is 1.52 bits per heavy atom. The number of benzene rings is 4. The Morgan fingerprint density at radius 1 is 0.759 bits per heavy atom. The van der Waals surface area contributed by atoms with Crippen LogP contribution in [0, 0.1) is 0 Å². The smallest absolute Gasteiger partial charge is 0.190 e. The van der Waals surface area contributed by atoms with Crippen molar-refractivity contribution in [1.82, 2.24) is 0 Å². The second-order valence-corrected chi connectivity index (χ2v) is 8.06. The van der Waals surface area contributed by atoms with Crippen molar-refractivity contribution in [1.29, 1.82) is 0 Å². The maximum Gasteiger partial charge on any atom is 0.190 e. The van der Waals surface area contributed by atoms with E-state index in [9.17, 15) is 4.79 Å². The van der Waals surface area contributed by atoms with E-state index in [1.165, 1.54) is 32.7 Å². The summed E-state index contributed by atoms with van der Waals surface area (Å²) in [6.45, 7) is 0. The molecule has 0 saturated carbocycles. The molecule has 138 valence electrons. The van der Waals surface area contributed by atoms with Crippen LogP contribution in [-0.4, -0.2) is 5.78 Å². The highest BCUT2D eigenvalue weighted by molar-refractivity contribution is 6.13. The van der Waals surface area contributed by atoms with Crippen LogP contribution in [-0.2, 0) is 6.42 Å². The highest BCUT2D eigenvalue weighted by Crippen LogP contribution is 2.43. The molecule has 0 N–H and O–H groups in total. The van der Waals surface area contributed by atoms with E-state index in [0.29, 0.717) is 0 Å². The molecule has 0 bridgehead atoms. The van der Waals surface area contributed by atoms with Crippen molar-refractivity contribution in [3.8, 4) is 0 Å². The van der Waals surface area contributed by atoms with Gasteiger partial charge in [-0.15, -0.1) is 0 Å². The number of Topliss-reactive ketones (excluding diaryl/α,β-unsaturated/α-hetero) is 1. The maximum atomic E-state index is 13.5. The minimum Gasteiger partial charge on any atom is -0.289 e. The van der Waals surface area contributed by atoms with E-state index in [1.807, 2.05) is 18.2 Å². The molecule has 0 aromatic heterocycles. The van der Waals surface area contributed by atoms with Crippen molar-refractivity contribution in [3.05, 3.63) is 119 Å². The summed E-state index contributed by atoms with van der Waals surface area (Å²) in [5, 5.41) is 4.99. The van der Waals surface area contributed by atoms with Gasteiger partial charge in [0.05, 0.1) is 0 Å². The van der Waals surface area contributed by atoms with Crippen LogP contribution < -0.4 is 0 Å². The fourth-order valence-electron chi connectivity index (χ4n) is 5.06. The van der Waals surface area contributed by atoms with E-state index in [0.717, 1.165) is 29.5 Å². The molecule has 1 unspecified atom stereocenters. The van der Waals surface area contributed by atoms with Crippen LogP contribution in [0.3, 0.4) is 0 Å². The summed E-state index contributed by atoms with van der Waals surface area (Å²) >= 11 is 0. The predicted octanol–water partition coefficient (Wildman–Crippen LogP) is 6.77. The standard InChI is InChI=1S/C28H20O/c29-28-23-12-4-3-9-20(23)16-22-11-6-14-25(27(22)28)24-13-5-10-21-15-18-7-1-2-8-19(18)17-26(21)24/h1-13,15,17,25H,14,16H2. The number of rotatable bonds is 1. The van der Waals surface area contributed by atoms with Crippen LogP contribution in [0.15, 0.2) is 102 Å². The molecule has 0 saturated heterocycles. The number of carbonyl (C=O) groups excluding carboxylic acids is 1. The van der Waals surface area contributed by atoms with Crippen molar-refractivity contribution in [2.24, 2.45) is 0 Å². The number of hydrogen-bond acceptors (Lipinski definition) is 1. The van der Waals surface area contributed by atoms with Gasteiger partial charge in [0.25, 0.3) is 0 Å². The van der Waals surface area contributed by atoms with Gasteiger partial charge in [-0.3, -0.25) is 4.79 Å². The zero-order valence-electron chi connectivity index (χ0n) is 16.1. The van der Waals surface area contributed by atoms with Crippen LogP contribution in [0.2, 0.25) is 0 Å². The monoisotopic (exact) mass is 372 g/mol. The molecule has 1 heteroatoms. The zero-order valence-corrected chi connectivity index (χ0v) is 16.1. The fraction of sp³-hybridized carbons (Fsp3) is 0.107. The Morgan fingerprint density at radius 3 is 2.41 bits per heavy atom. The second kappa shape index (κ2) is 6.28. The maximum absolute atomic E-state index is 13.5. The van der Waals surface area contributed by atoms with Gasteiger partial charge in [0, 0.05) is 17.1 Å². The SMILES string of the molecule is O=C1C2=C(C=CCC2c2cccc3cc4ccccc4cc23)Cc2ccccc21. The van der Waals surface area contributed by atoms with Gasteiger partial charge in [-0.1, -0.05) is 78.9 Å². The molecule has 2 aliphatic carbocycles. The van der Waals surface area contributed by atoms with Crippen molar-refractivity contribution in [3.63, 3.8) is 0 Å². The molecule has 4 aromatic rings. The van der Waals surface area contributed by atoms with Gasteiger partial charge in [0.2, 0.25) is 0 Å². The lowest BCUT2D eigenvalue weighted by Crippen LogP contribution is -2.22. The average Bonchev–Trinajstić information content (AvgIpc) is 2.77. The average molecular weight is 372 g/mol. The van der Waals surface area contributed by atoms with E-state index in [4.69, 9.17) is 0 Å². The first-order valence-corrected chi connectivity index (χ1v) is 10.2. The lowest BCUT2D eigenvalue weighted by Gasteiger charge is -2.30. The van der Waals surface area contributed by atoms with E-state index >= 15 is 0 Å². The number of hydrogen-bond donors (Lipinski definition) is 0. The molecular formula is C28H20O. The fourth-order valence-corrected chi connectivity index (χ4v) is 5.06. The van der Waals surface area contributed by atoms with Crippen LogP contribution >= 0.6 is 0 Å². The van der Waals surface area contributed by atoms with Gasteiger partial charge in [-0.05, 0) is 63.2 Å². The molecule has 2 aliphatic rings. The molecule has 4 aromatic carbocycles. The third-order valence-corrected chi connectivity index (χ3v) is 6.43. The topological polar surface area (TPSA) is 17.1 Å². The normalized spacial score (nSPS) is 18.2. The number of fused-ring (bicyclic) bond motifs is 3. The van der Waals surface area contributed by atoms with Gasteiger partial charge in [0.15, 0.2) is 5.78 Å². The van der Waals surface area contributed by atoms with E-state index in [2.05, 4.69) is 72.8 Å². The highest BCUT2D eigenvalue weighted by atomic mass is 16.1. The Labute approximate surface area is 170 Å². The van der Waals surface area contributed by atoms with E-state index in [1.54, 1.807) is 0 Å². The van der Waals surface area contributed by atoms with E-state index < -0.39 is 0 Å². The summed E-state index contributed by atoms with van der Waals surface area (Å²) in [6.07, 6.45) is 6.13. The molecule has 0 fully saturated rings. The van der Waals surface area contributed by atoms with Gasteiger partial charge in [-0.2, -0.15) is 0 Å². The third kappa shape index (κ3) is 2.51. The van der Waals surface area contributed by atoms with E-state index in [-0.39, 0.29) is 11.7 Å². The van der Waals surface area contributed by atoms with Crippen molar-refractivity contribution >= 4 is 27.3 Å². The number of carbonyl (C=O) groups is 1. The minimum atomic E-state index is 0.112. The summed E-state index contributed by atoms with van der Waals surface area (Å²) in [5.41, 5.74) is 5.45. The van der Waals surface area contributed by atoms with Gasteiger partial charge < -0.3 is 0 Å². The minimum absolute atomic E-state index is 0.112. The first-order valence-electron chi connectivity index (χ1n) is 10.2. The Hall–Kier alpha value is -3.45. The van der Waals surface area contributed by atoms with Crippen molar-refractivity contribution in [2.75, 3.05) is 0 Å². The molecule has 6 rings (SSSR count). The molecule has 0 aliphatic heterocycles. The first-order chi connectivity index (χ1) is 14.3. The Balaban J connectivity index is 1.56. The summed E-state index contributed by atoms with van der Waals surface area (Å²) in [7, 11) is 0. The third-order valence-electron chi connectivity index (χ3n) is 6.43. The summed E-state index contributed by atoms with van der Waals surface area (Å²) < 4.78 is 0. The van der Waals surface area contributed by atoms with Gasteiger partial charge in [-0.25, -0.2) is 0 Å². The first kappa shape index (κ1) is 16.5. The quantitative estimate of drug-likeness (QED) is 0.337. The van der Waals surface area contributed by atoms with Gasteiger partial charge >= 0.3 is 0 Å². The van der Waals surface area contributed by atoms with Crippen LogP contribution in [0.5, 0.6) is 0 Å². The predicted molar refractivity (Wildman–Crippen MR) is 119 cm³/mol. The molecule has 0 amide bonds. The van der Waals surface area contributed by atoms with Crippen molar-refractivity contribution in [2.45, 2.75) is 18.8 Å². The highest BCUT2D eigenvalue weighted by Gasteiger charge is 2.33. The Kier molecular flexibility index (Phi) is 3.57. The number of allylic oxidation sites excluding steroid dienone is 4. The Bertz CT molecular complexity index is 1370. The molecular weight excluding hydrogens is 352 g/mol. The molecule has 29 heavy (non-hydrogen) atoms. The molecule has 0 heterocycles. The van der Waals surface area contributed by atoms with Crippen LogP contribution in [0.25, 0.3) is 21.5 Å². The lowest BCUT2D eigenvalue weighted by atomic mass is 9.72. The summed E-state index contributed by atoms with van der Waals surface area (Å²) in [6, 6.07) is 27.6. The zero-order chi connectivity index (χ0) is 19.4. The molecule has 1 nitrogen and oxygen atoms in total. The molecule has 0 radical (unpaired) electrons. The second-order valence-electron chi connectivity index (χ2n) is 8.06. The summed E-state index contributed by atoms with van der Waals surface area (Å²) in [4.78, 5) is 13.5. The van der Waals surface area contributed by atoms with Crippen LogP contribution in [0.4, 0.5) is 0 Å².